The molecule has 1 saturated heterocycles. The van der Waals surface area contributed by atoms with E-state index in [1.165, 1.54) is 108 Å². The Balaban J connectivity index is 1.49. The Labute approximate surface area is 218 Å². The minimum atomic E-state index is -0.459. The quantitative estimate of drug-likeness (QED) is 0.175. The molecular weight excluding hydrogens is 430 g/mol. The van der Waals surface area contributed by atoms with Crippen molar-refractivity contribution in [2.75, 3.05) is 19.8 Å². The molecule has 0 spiro atoms. The highest BCUT2D eigenvalue weighted by Gasteiger charge is 2.39. The normalized spacial score (nSPS) is 17.0. The van der Waals surface area contributed by atoms with E-state index in [0.29, 0.717) is 0 Å². The van der Waals surface area contributed by atoms with Gasteiger partial charge >= 0.3 is 0 Å². The summed E-state index contributed by atoms with van der Waals surface area (Å²) >= 11 is 0. The molecule has 1 N–H and O–H groups in total. The van der Waals surface area contributed by atoms with Gasteiger partial charge in [0.1, 0.15) is 0 Å². The van der Waals surface area contributed by atoms with Gasteiger partial charge in [-0.2, -0.15) is 0 Å². The van der Waals surface area contributed by atoms with Gasteiger partial charge in [-0.15, -0.1) is 0 Å². The van der Waals surface area contributed by atoms with Crippen LogP contribution in [0.1, 0.15) is 135 Å². The zero-order valence-electron chi connectivity index (χ0n) is 23.6. The molecule has 35 heavy (non-hydrogen) atoms. The van der Waals surface area contributed by atoms with Crippen LogP contribution in [0.4, 0.5) is 0 Å². The Morgan fingerprint density at radius 1 is 0.657 bits per heavy atom. The maximum Gasteiger partial charge on any atom is 0.162 e. The summed E-state index contributed by atoms with van der Waals surface area (Å²) in [7, 11) is 0. The van der Waals surface area contributed by atoms with E-state index in [9.17, 15) is 0 Å². The maximum atomic E-state index is 6.08. The van der Waals surface area contributed by atoms with Gasteiger partial charge in [0.2, 0.25) is 0 Å². The van der Waals surface area contributed by atoms with E-state index in [4.69, 9.17) is 9.47 Å². The molecule has 1 aliphatic heterocycles. The zero-order chi connectivity index (χ0) is 25.1. The Morgan fingerprint density at radius 3 is 1.60 bits per heavy atom. The lowest BCUT2D eigenvalue weighted by atomic mass is 9.91. The molecule has 0 saturated carbocycles. The first-order valence-electron chi connectivity index (χ1n) is 15.1. The van der Waals surface area contributed by atoms with Crippen LogP contribution in [-0.4, -0.2) is 31.1 Å². The van der Waals surface area contributed by atoms with Crippen molar-refractivity contribution in [1.82, 2.24) is 5.32 Å². The number of hydrogen-bond acceptors (Lipinski definition) is 3. The molecule has 1 aromatic carbocycles. The highest BCUT2D eigenvalue weighted by Crippen LogP contribution is 2.28. The minimum Gasteiger partial charge on any atom is -0.349 e. The molecule has 0 bridgehead atoms. The monoisotopic (exact) mass is 487 g/mol. The van der Waals surface area contributed by atoms with Gasteiger partial charge in [0.05, 0.1) is 18.8 Å². The van der Waals surface area contributed by atoms with Crippen molar-refractivity contribution in [3.05, 3.63) is 35.9 Å². The van der Waals surface area contributed by atoms with Gasteiger partial charge in [-0.25, -0.2) is 0 Å². The number of benzene rings is 1. The Kier molecular flexibility index (Phi) is 15.9. The lowest BCUT2D eigenvalue weighted by molar-refractivity contribution is -0.272. The lowest BCUT2D eigenvalue weighted by Gasteiger charge is -2.44. The van der Waals surface area contributed by atoms with Crippen LogP contribution in [0.5, 0.6) is 0 Å². The molecule has 3 nitrogen and oxygen atoms in total. The lowest BCUT2D eigenvalue weighted by Crippen LogP contribution is -2.59. The van der Waals surface area contributed by atoms with Gasteiger partial charge < -0.3 is 14.8 Å². The molecule has 0 unspecified atom stereocenters. The topological polar surface area (TPSA) is 30.5 Å². The van der Waals surface area contributed by atoms with E-state index in [1.54, 1.807) is 0 Å². The average molecular weight is 488 g/mol. The van der Waals surface area contributed by atoms with Crippen LogP contribution in [0.3, 0.4) is 0 Å². The zero-order valence-corrected chi connectivity index (χ0v) is 23.6. The van der Waals surface area contributed by atoms with Crippen molar-refractivity contribution in [2.24, 2.45) is 0 Å². The highest BCUT2D eigenvalue weighted by atomic mass is 16.7. The summed E-state index contributed by atoms with van der Waals surface area (Å²) in [6, 6.07) is 10.7. The molecule has 202 valence electrons. The van der Waals surface area contributed by atoms with Gasteiger partial charge in [0.15, 0.2) is 5.79 Å². The van der Waals surface area contributed by atoms with Gasteiger partial charge in [-0.05, 0) is 38.8 Å². The third-order valence-electron chi connectivity index (χ3n) is 7.66. The summed E-state index contributed by atoms with van der Waals surface area (Å²) in [5.74, 6) is -0.459. The first-order valence-corrected chi connectivity index (χ1v) is 15.1. The fourth-order valence-corrected chi connectivity index (χ4v) is 5.17. The fraction of sp³-hybridized carbons (Fsp3) is 0.812. The second kappa shape index (κ2) is 18.4. The molecule has 1 fully saturated rings. The van der Waals surface area contributed by atoms with Crippen LogP contribution in [0.2, 0.25) is 0 Å². The summed E-state index contributed by atoms with van der Waals surface area (Å²) in [5.41, 5.74) is 1.34. The van der Waals surface area contributed by atoms with E-state index < -0.39 is 5.79 Å². The standard InChI is InChI=1S/C32H57NO2/c1-4-5-6-7-8-9-10-11-12-13-14-15-16-17-18-22-26-32(28-34-31(2,3)35-29-32)33-27-25-30-23-20-19-21-24-30/h19-21,23-24,33H,4-18,22,25-29H2,1-3H3. The predicted molar refractivity (Wildman–Crippen MR) is 151 cm³/mol. The Bertz CT molecular complexity index is 605. The van der Waals surface area contributed by atoms with Crippen molar-refractivity contribution in [2.45, 2.75) is 148 Å². The van der Waals surface area contributed by atoms with Gasteiger partial charge in [0.25, 0.3) is 0 Å². The summed E-state index contributed by atoms with van der Waals surface area (Å²) in [4.78, 5) is 0. The third-order valence-corrected chi connectivity index (χ3v) is 7.66. The van der Waals surface area contributed by atoms with Crippen molar-refractivity contribution in [1.29, 1.82) is 0 Å². The van der Waals surface area contributed by atoms with Crippen molar-refractivity contribution in [3.63, 3.8) is 0 Å². The molecule has 0 radical (unpaired) electrons. The Morgan fingerprint density at radius 2 is 1.11 bits per heavy atom. The van der Waals surface area contributed by atoms with Crippen LogP contribution in [0, 0.1) is 0 Å². The molecule has 0 atom stereocenters. The largest absolute Gasteiger partial charge is 0.349 e. The number of nitrogens with one attached hydrogen (secondary N) is 1. The van der Waals surface area contributed by atoms with E-state index in [1.807, 2.05) is 13.8 Å². The predicted octanol–water partition coefficient (Wildman–Crippen LogP) is 8.99. The van der Waals surface area contributed by atoms with Gasteiger partial charge in [0, 0.05) is 0 Å². The van der Waals surface area contributed by atoms with Crippen molar-refractivity contribution >= 4 is 0 Å². The Hall–Kier alpha value is -0.900. The summed E-state index contributed by atoms with van der Waals surface area (Å²) < 4.78 is 12.2. The van der Waals surface area contributed by atoms with E-state index in [2.05, 4.69) is 42.6 Å². The van der Waals surface area contributed by atoms with Crippen molar-refractivity contribution < 1.29 is 9.47 Å². The molecule has 0 aliphatic carbocycles. The van der Waals surface area contributed by atoms with Crippen LogP contribution in [-0.2, 0) is 15.9 Å². The van der Waals surface area contributed by atoms with Gasteiger partial charge in [-0.1, -0.05) is 140 Å². The third kappa shape index (κ3) is 14.4. The summed E-state index contributed by atoms with van der Waals surface area (Å²) in [6.45, 7) is 8.80. The number of ether oxygens (including phenoxy) is 2. The van der Waals surface area contributed by atoms with Crippen LogP contribution >= 0.6 is 0 Å². The molecular formula is C32H57NO2. The molecule has 2 rings (SSSR count). The van der Waals surface area contributed by atoms with Gasteiger partial charge in [-0.3, -0.25) is 0 Å². The van der Waals surface area contributed by atoms with Crippen molar-refractivity contribution in [3.8, 4) is 0 Å². The van der Waals surface area contributed by atoms with E-state index in [0.717, 1.165) is 32.6 Å². The van der Waals surface area contributed by atoms with Crippen LogP contribution in [0.25, 0.3) is 0 Å². The molecule has 0 aromatic heterocycles. The van der Waals surface area contributed by atoms with Crippen LogP contribution in [0.15, 0.2) is 30.3 Å². The summed E-state index contributed by atoms with van der Waals surface area (Å²) in [6.07, 6.45) is 24.8. The second-order valence-electron chi connectivity index (χ2n) is 11.5. The van der Waals surface area contributed by atoms with Crippen LogP contribution < -0.4 is 5.32 Å². The van der Waals surface area contributed by atoms with E-state index >= 15 is 0 Å². The minimum absolute atomic E-state index is 0.0414. The summed E-state index contributed by atoms with van der Waals surface area (Å²) in [5, 5.41) is 3.82. The second-order valence-corrected chi connectivity index (χ2v) is 11.5. The average Bonchev–Trinajstić information content (AvgIpc) is 2.86. The number of unbranched alkanes of at least 4 members (excludes halogenated alkanes) is 15. The molecule has 1 aliphatic rings. The number of rotatable bonds is 21. The first kappa shape index (κ1) is 30.3. The SMILES string of the molecule is CCCCCCCCCCCCCCCCCCC1(NCCc2ccccc2)COC(C)(C)OC1. The fourth-order valence-electron chi connectivity index (χ4n) is 5.17. The maximum absolute atomic E-state index is 6.08. The highest BCUT2D eigenvalue weighted by molar-refractivity contribution is 5.15. The first-order chi connectivity index (χ1) is 17.1. The molecule has 3 heteroatoms. The molecule has 0 amide bonds. The van der Waals surface area contributed by atoms with E-state index in [-0.39, 0.29) is 5.54 Å². The smallest absolute Gasteiger partial charge is 0.162 e. The molecule has 1 aromatic rings. The number of hydrogen-bond donors (Lipinski definition) is 1. The molecule has 1 heterocycles.